The molecule has 0 aliphatic carbocycles. The molecule has 1 N–H and O–H groups in total. The highest BCUT2D eigenvalue weighted by atomic mass is 32.2. The minimum absolute atomic E-state index is 0.292. The van der Waals surface area contributed by atoms with E-state index in [4.69, 9.17) is 0 Å². The van der Waals surface area contributed by atoms with E-state index in [1.54, 1.807) is 6.07 Å². The molecule has 8 heteroatoms. The van der Waals surface area contributed by atoms with Gasteiger partial charge in [0, 0.05) is 31.6 Å². The molecular formula is C17H26N4O3S. The van der Waals surface area contributed by atoms with Crippen molar-refractivity contribution < 1.29 is 13.2 Å². The van der Waals surface area contributed by atoms with Crippen LogP contribution in [0.2, 0.25) is 0 Å². The molecular weight excluding hydrogens is 340 g/mol. The molecule has 0 atom stereocenters. The quantitative estimate of drug-likeness (QED) is 0.796. The lowest BCUT2D eigenvalue weighted by Gasteiger charge is -2.24. The van der Waals surface area contributed by atoms with Gasteiger partial charge in [0.05, 0.1) is 11.9 Å². The van der Waals surface area contributed by atoms with Crippen LogP contribution in [0.15, 0.2) is 23.3 Å². The number of hydrazone groups is 1. The number of nitrogens with one attached hydrogen (secondary N) is 1. The van der Waals surface area contributed by atoms with Crippen molar-refractivity contribution in [2.45, 2.75) is 26.7 Å². The van der Waals surface area contributed by atoms with Gasteiger partial charge >= 0.3 is 0 Å². The molecule has 0 unspecified atom stereocenters. The first-order valence-electron chi connectivity index (χ1n) is 8.24. The van der Waals surface area contributed by atoms with E-state index in [2.05, 4.69) is 15.4 Å². The maximum absolute atomic E-state index is 12.2. The van der Waals surface area contributed by atoms with Crippen LogP contribution in [-0.4, -0.2) is 57.9 Å². The average Bonchev–Trinajstić information content (AvgIpc) is 2.52. The van der Waals surface area contributed by atoms with Crippen molar-refractivity contribution in [2.24, 2.45) is 5.10 Å². The van der Waals surface area contributed by atoms with Crippen molar-refractivity contribution in [1.82, 2.24) is 10.3 Å². The molecule has 1 saturated heterocycles. The van der Waals surface area contributed by atoms with Crippen LogP contribution in [0.4, 0.5) is 5.69 Å². The lowest BCUT2D eigenvalue weighted by Crippen LogP contribution is -2.40. The van der Waals surface area contributed by atoms with Gasteiger partial charge in [-0.3, -0.25) is 9.10 Å². The second kappa shape index (κ2) is 7.97. The number of carbonyl (C=O) groups is 1. The number of likely N-dealkylation sites (tertiary alicyclic amines) is 1. The van der Waals surface area contributed by atoms with Crippen LogP contribution in [-0.2, 0) is 14.8 Å². The van der Waals surface area contributed by atoms with E-state index in [9.17, 15) is 13.2 Å². The molecule has 1 aliphatic heterocycles. The zero-order chi connectivity index (χ0) is 18.6. The highest BCUT2D eigenvalue weighted by molar-refractivity contribution is 7.92. The van der Waals surface area contributed by atoms with E-state index in [-0.39, 0.29) is 6.54 Å². The smallest absolute Gasteiger partial charge is 0.260 e. The SMILES string of the molecule is Cc1ccc(N(CC(=O)NN=C2CCN(C)CC2)S(C)(=O)=O)c(C)c1. The van der Waals surface area contributed by atoms with Gasteiger partial charge in [-0.05, 0) is 32.5 Å². The fraction of sp³-hybridized carbons (Fsp3) is 0.529. The number of anilines is 1. The van der Waals surface area contributed by atoms with Gasteiger partial charge in [0.15, 0.2) is 0 Å². The van der Waals surface area contributed by atoms with E-state index in [0.29, 0.717) is 5.69 Å². The Morgan fingerprint density at radius 3 is 2.48 bits per heavy atom. The Morgan fingerprint density at radius 2 is 1.92 bits per heavy atom. The number of nitrogens with zero attached hydrogens (tertiary/aromatic N) is 3. The van der Waals surface area contributed by atoms with Crippen molar-refractivity contribution in [3.63, 3.8) is 0 Å². The predicted molar refractivity (Wildman–Crippen MR) is 100 cm³/mol. The summed E-state index contributed by atoms with van der Waals surface area (Å²) in [6, 6.07) is 5.45. The summed E-state index contributed by atoms with van der Waals surface area (Å²) in [5.41, 5.74) is 5.78. The van der Waals surface area contributed by atoms with Gasteiger partial charge in [-0.15, -0.1) is 0 Å². The van der Waals surface area contributed by atoms with Gasteiger partial charge in [-0.1, -0.05) is 17.7 Å². The molecule has 0 bridgehead atoms. The van der Waals surface area contributed by atoms with Crippen LogP contribution < -0.4 is 9.73 Å². The molecule has 1 aromatic rings. The molecule has 7 nitrogen and oxygen atoms in total. The van der Waals surface area contributed by atoms with E-state index in [1.165, 1.54) is 0 Å². The van der Waals surface area contributed by atoms with Crippen LogP contribution in [0, 0.1) is 13.8 Å². The second-order valence-electron chi connectivity index (χ2n) is 6.58. The van der Waals surface area contributed by atoms with E-state index >= 15 is 0 Å². The third kappa shape index (κ3) is 5.54. The molecule has 1 fully saturated rings. The van der Waals surface area contributed by atoms with Crippen LogP contribution in [0.1, 0.15) is 24.0 Å². The number of sulfonamides is 1. The highest BCUT2D eigenvalue weighted by Gasteiger charge is 2.22. The first-order chi connectivity index (χ1) is 11.7. The fourth-order valence-corrected chi connectivity index (χ4v) is 3.68. The number of amides is 1. The summed E-state index contributed by atoms with van der Waals surface area (Å²) in [5.74, 6) is -0.447. The monoisotopic (exact) mass is 366 g/mol. The summed E-state index contributed by atoms with van der Waals surface area (Å²) in [4.78, 5) is 14.4. The maximum Gasteiger partial charge on any atom is 0.260 e. The predicted octanol–water partition coefficient (Wildman–Crippen LogP) is 1.27. The Balaban J connectivity index is 2.10. The maximum atomic E-state index is 12.2. The molecule has 0 saturated carbocycles. The average molecular weight is 366 g/mol. The van der Waals surface area contributed by atoms with Crippen molar-refractivity contribution in [1.29, 1.82) is 0 Å². The summed E-state index contributed by atoms with van der Waals surface area (Å²) >= 11 is 0. The van der Waals surface area contributed by atoms with Crippen molar-refractivity contribution >= 4 is 27.3 Å². The van der Waals surface area contributed by atoms with Gasteiger partial charge in [-0.25, -0.2) is 13.8 Å². The summed E-state index contributed by atoms with van der Waals surface area (Å²) in [7, 11) is -1.54. The first-order valence-corrected chi connectivity index (χ1v) is 10.1. The zero-order valence-corrected chi connectivity index (χ0v) is 16.1. The number of aryl methyl sites for hydroxylation is 2. The molecule has 1 aliphatic rings. The molecule has 1 heterocycles. The number of hydrogen-bond donors (Lipinski definition) is 1. The fourth-order valence-electron chi connectivity index (χ4n) is 2.76. The lowest BCUT2D eigenvalue weighted by molar-refractivity contribution is -0.119. The number of benzene rings is 1. The summed E-state index contributed by atoms with van der Waals surface area (Å²) in [6.45, 7) is 5.29. The Bertz CT molecular complexity index is 764. The first kappa shape index (κ1) is 19.4. The molecule has 2 rings (SSSR count). The van der Waals surface area contributed by atoms with Gasteiger partial charge in [0.25, 0.3) is 5.91 Å². The van der Waals surface area contributed by atoms with E-state index in [1.807, 2.05) is 33.0 Å². The molecule has 0 spiro atoms. The second-order valence-corrected chi connectivity index (χ2v) is 8.48. The number of piperidine rings is 1. The minimum atomic E-state index is -3.58. The van der Waals surface area contributed by atoms with Crippen molar-refractivity contribution in [2.75, 3.05) is 37.2 Å². The van der Waals surface area contributed by atoms with Crippen LogP contribution in [0.25, 0.3) is 0 Å². The number of carbonyl (C=O) groups excluding carboxylic acids is 1. The van der Waals surface area contributed by atoms with Gasteiger partial charge in [-0.2, -0.15) is 5.10 Å². The Hall–Kier alpha value is -1.93. The number of hydrogen-bond acceptors (Lipinski definition) is 5. The Morgan fingerprint density at radius 1 is 1.28 bits per heavy atom. The Labute approximate surface area is 149 Å². The Kier molecular flexibility index (Phi) is 6.18. The van der Waals surface area contributed by atoms with Crippen LogP contribution >= 0.6 is 0 Å². The highest BCUT2D eigenvalue weighted by Crippen LogP contribution is 2.23. The van der Waals surface area contributed by atoms with Gasteiger partial charge in [0.1, 0.15) is 6.54 Å². The third-order valence-electron chi connectivity index (χ3n) is 4.21. The molecule has 0 radical (unpaired) electrons. The summed E-state index contributed by atoms with van der Waals surface area (Å²) in [5, 5.41) is 4.15. The molecule has 25 heavy (non-hydrogen) atoms. The van der Waals surface area contributed by atoms with E-state index < -0.39 is 15.9 Å². The molecule has 0 aromatic heterocycles. The van der Waals surface area contributed by atoms with Gasteiger partial charge in [0.2, 0.25) is 10.0 Å². The normalized spacial score (nSPS) is 15.8. The summed E-state index contributed by atoms with van der Waals surface area (Å²) in [6.07, 6.45) is 2.72. The summed E-state index contributed by atoms with van der Waals surface area (Å²) < 4.78 is 25.4. The lowest BCUT2D eigenvalue weighted by atomic mass is 10.1. The van der Waals surface area contributed by atoms with Crippen molar-refractivity contribution in [3.05, 3.63) is 29.3 Å². The van der Waals surface area contributed by atoms with Crippen LogP contribution in [0.3, 0.4) is 0 Å². The largest absolute Gasteiger partial charge is 0.306 e. The molecule has 1 amide bonds. The van der Waals surface area contributed by atoms with Gasteiger partial charge < -0.3 is 4.90 Å². The molecule has 1 aromatic carbocycles. The van der Waals surface area contributed by atoms with Crippen LogP contribution in [0.5, 0.6) is 0 Å². The third-order valence-corrected chi connectivity index (χ3v) is 5.34. The zero-order valence-electron chi connectivity index (χ0n) is 15.2. The van der Waals surface area contributed by atoms with E-state index in [0.717, 1.165) is 53.3 Å². The number of rotatable bonds is 5. The minimum Gasteiger partial charge on any atom is -0.306 e. The molecule has 138 valence electrons. The topological polar surface area (TPSA) is 82.1 Å². The standard InChI is InChI=1S/C17H26N4O3S/c1-13-5-6-16(14(2)11-13)21(25(4,23)24)12-17(22)19-18-15-7-9-20(3)10-8-15/h5-6,11H,7-10,12H2,1-4H3,(H,19,22). The van der Waals surface area contributed by atoms with Crippen molar-refractivity contribution in [3.8, 4) is 0 Å².